The van der Waals surface area contributed by atoms with Crippen LogP contribution in [-0.2, 0) is 9.53 Å². The van der Waals surface area contributed by atoms with Gasteiger partial charge in [-0.15, -0.1) is 0 Å². The number of ether oxygens (including phenoxy) is 1. The molecule has 4 nitrogen and oxygen atoms in total. The Hall–Kier alpha value is -0.610. The monoisotopic (exact) mass is 214 g/mol. The van der Waals surface area contributed by atoms with Crippen LogP contribution in [0.2, 0.25) is 0 Å². The SMILES string of the molecule is CCOCC1CCCN(C(=O)[C@@H](C)N)C1. The van der Waals surface area contributed by atoms with E-state index in [0.29, 0.717) is 5.92 Å². The van der Waals surface area contributed by atoms with Crippen LogP contribution in [0.4, 0.5) is 0 Å². The van der Waals surface area contributed by atoms with Crippen molar-refractivity contribution in [1.82, 2.24) is 4.90 Å². The lowest BCUT2D eigenvalue weighted by Crippen LogP contribution is -2.47. The Bertz CT molecular complexity index is 207. The highest BCUT2D eigenvalue weighted by Gasteiger charge is 2.25. The molecule has 0 aliphatic carbocycles. The zero-order chi connectivity index (χ0) is 11.3. The topological polar surface area (TPSA) is 55.6 Å². The van der Waals surface area contributed by atoms with Crippen molar-refractivity contribution in [2.75, 3.05) is 26.3 Å². The number of rotatable bonds is 4. The molecule has 0 saturated carbocycles. The van der Waals surface area contributed by atoms with Crippen molar-refractivity contribution in [3.63, 3.8) is 0 Å². The lowest BCUT2D eigenvalue weighted by molar-refractivity contribution is -0.134. The third-order valence-corrected chi connectivity index (χ3v) is 2.78. The maximum Gasteiger partial charge on any atom is 0.239 e. The van der Waals surface area contributed by atoms with Crippen molar-refractivity contribution in [1.29, 1.82) is 0 Å². The normalized spacial score (nSPS) is 23.9. The fourth-order valence-electron chi connectivity index (χ4n) is 1.97. The molecule has 15 heavy (non-hydrogen) atoms. The van der Waals surface area contributed by atoms with Gasteiger partial charge in [0.05, 0.1) is 12.6 Å². The third kappa shape index (κ3) is 3.80. The molecule has 1 saturated heterocycles. The summed E-state index contributed by atoms with van der Waals surface area (Å²) in [6.45, 7) is 6.91. The Balaban J connectivity index is 2.38. The molecule has 1 unspecified atom stereocenters. The van der Waals surface area contributed by atoms with E-state index in [1.54, 1.807) is 6.92 Å². The molecule has 1 aliphatic rings. The van der Waals surface area contributed by atoms with E-state index in [1.165, 1.54) is 0 Å². The quantitative estimate of drug-likeness (QED) is 0.746. The molecule has 1 rings (SSSR count). The van der Waals surface area contributed by atoms with Crippen molar-refractivity contribution >= 4 is 5.91 Å². The van der Waals surface area contributed by atoms with Gasteiger partial charge in [-0.3, -0.25) is 4.79 Å². The highest BCUT2D eigenvalue weighted by molar-refractivity contribution is 5.81. The molecule has 88 valence electrons. The van der Waals surface area contributed by atoms with Crippen molar-refractivity contribution in [3.8, 4) is 0 Å². The molecular weight excluding hydrogens is 192 g/mol. The molecule has 1 heterocycles. The van der Waals surface area contributed by atoms with Crippen LogP contribution in [-0.4, -0.2) is 43.2 Å². The number of piperidine rings is 1. The number of amides is 1. The molecule has 1 aliphatic heterocycles. The minimum atomic E-state index is -0.379. The smallest absolute Gasteiger partial charge is 0.239 e. The highest BCUT2D eigenvalue weighted by Crippen LogP contribution is 2.17. The van der Waals surface area contributed by atoms with Crippen molar-refractivity contribution in [3.05, 3.63) is 0 Å². The Labute approximate surface area is 91.8 Å². The van der Waals surface area contributed by atoms with Crippen LogP contribution in [0.15, 0.2) is 0 Å². The lowest BCUT2D eigenvalue weighted by Gasteiger charge is -2.33. The second-order valence-corrected chi connectivity index (χ2v) is 4.24. The summed E-state index contributed by atoms with van der Waals surface area (Å²) in [4.78, 5) is 13.6. The van der Waals surface area contributed by atoms with E-state index in [9.17, 15) is 4.79 Å². The second-order valence-electron chi connectivity index (χ2n) is 4.24. The maximum atomic E-state index is 11.7. The second kappa shape index (κ2) is 6.08. The Morgan fingerprint density at radius 1 is 1.67 bits per heavy atom. The van der Waals surface area contributed by atoms with Gasteiger partial charge >= 0.3 is 0 Å². The van der Waals surface area contributed by atoms with Gasteiger partial charge in [0.2, 0.25) is 5.91 Å². The van der Waals surface area contributed by atoms with E-state index in [1.807, 2.05) is 11.8 Å². The Morgan fingerprint density at radius 3 is 3.00 bits per heavy atom. The molecule has 4 heteroatoms. The molecular formula is C11H22N2O2. The zero-order valence-corrected chi connectivity index (χ0v) is 9.74. The van der Waals surface area contributed by atoms with Gasteiger partial charge in [-0.05, 0) is 32.6 Å². The van der Waals surface area contributed by atoms with Crippen LogP contribution in [0.3, 0.4) is 0 Å². The molecule has 2 atom stereocenters. The summed E-state index contributed by atoms with van der Waals surface area (Å²) in [7, 11) is 0. The highest BCUT2D eigenvalue weighted by atomic mass is 16.5. The van der Waals surface area contributed by atoms with E-state index in [2.05, 4.69) is 0 Å². The van der Waals surface area contributed by atoms with Crippen LogP contribution < -0.4 is 5.73 Å². The summed E-state index contributed by atoms with van der Waals surface area (Å²) in [6.07, 6.45) is 2.22. The number of nitrogens with two attached hydrogens (primary N) is 1. The van der Waals surface area contributed by atoms with Crippen LogP contribution in [0.25, 0.3) is 0 Å². The van der Waals surface area contributed by atoms with Gasteiger partial charge in [0, 0.05) is 19.7 Å². The molecule has 1 amide bonds. The lowest BCUT2D eigenvalue weighted by atomic mass is 9.98. The van der Waals surface area contributed by atoms with Gasteiger partial charge in [0.1, 0.15) is 0 Å². The number of likely N-dealkylation sites (tertiary alicyclic amines) is 1. The summed E-state index contributed by atoms with van der Waals surface area (Å²) < 4.78 is 5.39. The van der Waals surface area contributed by atoms with Gasteiger partial charge in [-0.2, -0.15) is 0 Å². The van der Waals surface area contributed by atoms with Crippen LogP contribution in [0, 0.1) is 5.92 Å². The Morgan fingerprint density at radius 2 is 2.40 bits per heavy atom. The summed E-state index contributed by atoms with van der Waals surface area (Å²) in [5.74, 6) is 0.553. The van der Waals surface area contributed by atoms with Crippen molar-refractivity contribution in [2.24, 2.45) is 11.7 Å². The summed E-state index contributed by atoms with van der Waals surface area (Å²) in [5.41, 5.74) is 5.59. The van der Waals surface area contributed by atoms with Gasteiger partial charge in [-0.1, -0.05) is 0 Å². The van der Waals surface area contributed by atoms with Gasteiger partial charge in [-0.25, -0.2) is 0 Å². The zero-order valence-electron chi connectivity index (χ0n) is 9.74. The first-order valence-electron chi connectivity index (χ1n) is 5.77. The standard InChI is InChI=1S/C11H22N2O2/c1-3-15-8-10-5-4-6-13(7-10)11(14)9(2)12/h9-10H,3-8,12H2,1-2H3/t9-,10?/m1/s1. The summed E-state index contributed by atoms with van der Waals surface area (Å²) >= 11 is 0. The minimum absolute atomic E-state index is 0.0659. The predicted molar refractivity (Wildman–Crippen MR) is 59.4 cm³/mol. The average molecular weight is 214 g/mol. The van der Waals surface area contributed by atoms with E-state index >= 15 is 0 Å². The van der Waals surface area contributed by atoms with Gasteiger partial charge < -0.3 is 15.4 Å². The van der Waals surface area contributed by atoms with Gasteiger partial charge in [0.15, 0.2) is 0 Å². The number of hydrogen-bond donors (Lipinski definition) is 1. The van der Waals surface area contributed by atoms with Crippen molar-refractivity contribution < 1.29 is 9.53 Å². The molecule has 0 radical (unpaired) electrons. The first-order chi connectivity index (χ1) is 7.15. The van der Waals surface area contributed by atoms with Crippen molar-refractivity contribution in [2.45, 2.75) is 32.7 Å². The van der Waals surface area contributed by atoms with E-state index in [0.717, 1.165) is 39.1 Å². The number of hydrogen-bond acceptors (Lipinski definition) is 3. The number of carbonyl (C=O) groups excluding carboxylic acids is 1. The predicted octanol–water partition coefficient (Wildman–Crippen LogP) is 0.609. The van der Waals surface area contributed by atoms with E-state index < -0.39 is 0 Å². The average Bonchev–Trinajstić information content (AvgIpc) is 2.25. The summed E-state index contributed by atoms with van der Waals surface area (Å²) in [5, 5.41) is 0. The number of nitrogens with zero attached hydrogens (tertiary/aromatic N) is 1. The molecule has 0 spiro atoms. The first-order valence-corrected chi connectivity index (χ1v) is 5.77. The van der Waals surface area contributed by atoms with Gasteiger partial charge in [0.25, 0.3) is 0 Å². The van der Waals surface area contributed by atoms with E-state index in [-0.39, 0.29) is 11.9 Å². The molecule has 0 aromatic heterocycles. The minimum Gasteiger partial charge on any atom is -0.381 e. The molecule has 0 aromatic rings. The summed E-state index contributed by atoms with van der Waals surface area (Å²) in [6, 6.07) is -0.379. The fraction of sp³-hybridized carbons (Fsp3) is 0.909. The first kappa shape index (κ1) is 12.5. The molecule has 2 N–H and O–H groups in total. The fourth-order valence-corrected chi connectivity index (χ4v) is 1.97. The van der Waals surface area contributed by atoms with E-state index in [4.69, 9.17) is 10.5 Å². The largest absolute Gasteiger partial charge is 0.381 e. The molecule has 1 fully saturated rings. The third-order valence-electron chi connectivity index (χ3n) is 2.78. The Kier molecular flexibility index (Phi) is 5.05. The molecule has 0 aromatic carbocycles. The number of carbonyl (C=O) groups is 1. The van der Waals surface area contributed by atoms with Crippen LogP contribution in [0.1, 0.15) is 26.7 Å². The van der Waals surface area contributed by atoms with Crippen LogP contribution >= 0.6 is 0 Å². The maximum absolute atomic E-state index is 11.7. The molecule has 0 bridgehead atoms. The van der Waals surface area contributed by atoms with Crippen LogP contribution in [0.5, 0.6) is 0 Å².